The van der Waals surface area contributed by atoms with Gasteiger partial charge in [0.2, 0.25) is 5.91 Å². The zero-order valence-corrected chi connectivity index (χ0v) is 12.4. The largest absolute Gasteiger partial charge is 0.330 e. The van der Waals surface area contributed by atoms with Crippen molar-refractivity contribution in [3.8, 4) is 0 Å². The molecule has 0 saturated heterocycles. The highest BCUT2D eigenvalue weighted by Gasteiger charge is 2.11. The van der Waals surface area contributed by atoms with E-state index in [-0.39, 0.29) is 5.91 Å². The van der Waals surface area contributed by atoms with Crippen LogP contribution >= 0.6 is 0 Å². The van der Waals surface area contributed by atoms with Crippen LogP contribution in [0.5, 0.6) is 0 Å². The van der Waals surface area contributed by atoms with E-state index in [9.17, 15) is 4.79 Å². The van der Waals surface area contributed by atoms with Crippen molar-refractivity contribution in [2.75, 3.05) is 12.0 Å². The van der Waals surface area contributed by atoms with Crippen LogP contribution < -0.4 is 11.2 Å². The van der Waals surface area contributed by atoms with Crippen molar-refractivity contribution in [2.24, 2.45) is 11.7 Å². The summed E-state index contributed by atoms with van der Waals surface area (Å²) in [5.74, 6) is 0.660. The van der Waals surface area contributed by atoms with E-state index < -0.39 is 0 Å². The van der Waals surface area contributed by atoms with Crippen LogP contribution in [0.2, 0.25) is 0 Å². The van der Waals surface area contributed by atoms with Crippen LogP contribution in [-0.4, -0.2) is 17.1 Å². The minimum atomic E-state index is 0.0838. The zero-order valence-electron chi connectivity index (χ0n) is 12.4. The van der Waals surface area contributed by atoms with Gasteiger partial charge in [0.25, 0.3) is 0 Å². The molecule has 0 radical (unpaired) electrons. The van der Waals surface area contributed by atoms with Crippen LogP contribution in [0.4, 0.5) is 0 Å². The number of nitrogens with two attached hydrogens (primary N) is 1. The lowest BCUT2D eigenvalue weighted by Crippen LogP contribution is -2.25. The van der Waals surface area contributed by atoms with Crippen LogP contribution in [0.25, 0.3) is 0 Å². The molecule has 0 aliphatic heterocycles. The lowest BCUT2D eigenvalue weighted by Gasteiger charge is -2.16. The Bertz CT molecular complexity index is 373. The summed E-state index contributed by atoms with van der Waals surface area (Å²) in [6.07, 6.45) is 4.83. The van der Waals surface area contributed by atoms with Crippen molar-refractivity contribution < 1.29 is 4.79 Å². The fourth-order valence-electron chi connectivity index (χ4n) is 2.44. The highest BCUT2D eigenvalue weighted by atomic mass is 16.2. The number of amides is 1. The van der Waals surface area contributed by atoms with Gasteiger partial charge >= 0.3 is 0 Å². The van der Waals surface area contributed by atoms with Gasteiger partial charge in [0.15, 0.2) is 0 Å². The number of aryl methyl sites for hydroxylation is 2. The number of hydrogen-bond acceptors (Lipinski definition) is 2. The molecule has 0 bridgehead atoms. The average Bonchev–Trinajstić information content (AvgIpc) is 2.68. The molecule has 1 unspecified atom stereocenters. The normalized spacial score (nSPS) is 12.4. The summed E-state index contributed by atoms with van der Waals surface area (Å²) >= 11 is 0. The van der Waals surface area contributed by atoms with Crippen LogP contribution in [0, 0.1) is 19.8 Å². The fourth-order valence-corrected chi connectivity index (χ4v) is 2.44. The van der Waals surface area contributed by atoms with Crippen LogP contribution in [0.3, 0.4) is 0 Å². The number of aromatic nitrogens is 1. The Morgan fingerprint density at radius 1 is 1.26 bits per heavy atom. The van der Waals surface area contributed by atoms with E-state index in [1.54, 1.807) is 0 Å². The third kappa shape index (κ3) is 5.07. The molecule has 1 atom stereocenters. The van der Waals surface area contributed by atoms with E-state index in [0.717, 1.165) is 37.1 Å². The average molecular weight is 265 g/mol. The second kappa shape index (κ2) is 8.00. The molecule has 0 aromatic carbocycles. The van der Waals surface area contributed by atoms with Crippen molar-refractivity contribution in [1.82, 2.24) is 4.68 Å². The predicted octanol–water partition coefficient (Wildman–Crippen LogP) is 2.72. The zero-order chi connectivity index (χ0) is 14.3. The molecule has 1 aromatic rings. The molecule has 1 amide bonds. The number of carbonyl (C=O) groups is 1. The monoisotopic (exact) mass is 265 g/mol. The van der Waals surface area contributed by atoms with Crippen molar-refractivity contribution in [2.45, 2.75) is 52.9 Å². The van der Waals surface area contributed by atoms with Crippen LogP contribution in [-0.2, 0) is 4.79 Å². The SMILES string of the molecule is CCCC(CCN)CCC(=O)Nn1c(C)ccc1C. The van der Waals surface area contributed by atoms with E-state index in [0.29, 0.717) is 18.9 Å². The van der Waals surface area contributed by atoms with Crippen LogP contribution in [0.1, 0.15) is 50.4 Å². The topological polar surface area (TPSA) is 60.1 Å². The van der Waals surface area contributed by atoms with Crippen LogP contribution in [0.15, 0.2) is 12.1 Å². The van der Waals surface area contributed by atoms with Crippen molar-refractivity contribution >= 4 is 5.91 Å². The Balaban J connectivity index is 2.42. The van der Waals surface area contributed by atoms with Gasteiger partial charge in [-0.15, -0.1) is 0 Å². The number of hydrogen-bond donors (Lipinski definition) is 2. The second-order valence-electron chi connectivity index (χ2n) is 5.26. The number of rotatable bonds is 8. The second-order valence-corrected chi connectivity index (χ2v) is 5.26. The third-order valence-corrected chi connectivity index (χ3v) is 3.56. The summed E-state index contributed by atoms with van der Waals surface area (Å²) in [5.41, 5.74) is 10.7. The van der Waals surface area contributed by atoms with Gasteiger partial charge in [-0.2, -0.15) is 0 Å². The van der Waals surface area contributed by atoms with Gasteiger partial charge in [0, 0.05) is 17.8 Å². The number of carbonyl (C=O) groups excluding carboxylic acids is 1. The first kappa shape index (κ1) is 15.8. The molecule has 3 N–H and O–H groups in total. The number of nitrogens with one attached hydrogen (secondary N) is 1. The standard InChI is InChI=1S/C15H27N3O/c1-4-5-14(10-11-16)8-9-15(19)17-18-12(2)6-7-13(18)3/h6-7,14H,4-5,8-11,16H2,1-3H3,(H,17,19). The maximum Gasteiger partial charge on any atom is 0.238 e. The van der Waals surface area contributed by atoms with E-state index >= 15 is 0 Å². The van der Waals surface area contributed by atoms with Gasteiger partial charge in [-0.25, -0.2) is 0 Å². The fraction of sp³-hybridized carbons (Fsp3) is 0.667. The molecule has 1 rings (SSSR count). The summed E-state index contributed by atoms with van der Waals surface area (Å²) in [6, 6.07) is 4.01. The van der Waals surface area contributed by atoms with Crippen molar-refractivity contribution in [3.63, 3.8) is 0 Å². The first-order chi connectivity index (χ1) is 9.08. The first-order valence-corrected chi connectivity index (χ1v) is 7.23. The Morgan fingerprint density at radius 2 is 1.89 bits per heavy atom. The summed E-state index contributed by atoms with van der Waals surface area (Å²) < 4.78 is 1.85. The highest BCUT2D eigenvalue weighted by molar-refractivity contribution is 5.83. The smallest absolute Gasteiger partial charge is 0.238 e. The molecule has 108 valence electrons. The van der Waals surface area contributed by atoms with Gasteiger partial charge in [-0.1, -0.05) is 19.8 Å². The molecule has 1 heterocycles. The molecule has 1 aromatic heterocycles. The molecule has 0 fully saturated rings. The van der Waals surface area contributed by atoms with Gasteiger partial charge < -0.3 is 5.73 Å². The minimum Gasteiger partial charge on any atom is -0.330 e. The third-order valence-electron chi connectivity index (χ3n) is 3.56. The highest BCUT2D eigenvalue weighted by Crippen LogP contribution is 2.17. The molecular formula is C15H27N3O. The predicted molar refractivity (Wildman–Crippen MR) is 79.6 cm³/mol. The first-order valence-electron chi connectivity index (χ1n) is 7.23. The van der Waals surface area contributed by atoms with Gasteiger partial charge in [0.05, 0.1) is 0 Å². The Labute approximate surface area is 116 Å². The molecule has 0 aliphatic carbocycles. The Kier molecular flexibility index (Phi) is 6.64. The van der Waals surface area contributed by atoms with E-state index in [4.69, 9.17) is 5.73 Å². The minimum absolute atomic E-state index is 0.0838. The quantitative estimate of drug-likeness (QED) is 0.759. The summed E-state index contributed by atoms with van der Waals surface area (Å²) in [4.78, 5) is 12.0. The molecule has 4 nitrogen and oxygen atoms in total. The van der Waals surface area contributed by atoms with E-state index in [2.05, 4.69) is 12.3 Å². The van der Waals surface area contributed by atoms with Gasteiger partial charge in [-0.3, -0.25) is 14.9 Å². The molecule has 19 heavy (non-hydrogen) atoms. The number of nitrogens with zero attached hydrogens (tertiary/aromatic N) is 1. The Hall–Kier alpha value is -1.29. The lowest BCUT2D eigenvalue weighted by atomic mass is 9.94. The summed E-state index contributed by atoms with van der Waals surface area (Å²) in [7, 11) is 0. The molecule has 0 spiro atoms. The molecular weight excluding hydrogens is 238 g/mol. The summed E-state index contributed by atoms with van der Waals surface area (Å²) in [6.45, 7) is 6.86. The van der Waals surface area contributed by atoms with Crippen molar-refractivity contribution in [3.05, 3.63) is 23.5 Å². The maximum atomic E-state index is 12.0. The van der Waals surface area contributed by atoms with Gasteiger partial charge in [-0.05, 0) is 51.3 Å². The maximum absolute atomic E-state index is 12.0. The summed E-state index contributed by atoms with van der Waals surface area (Å²) in [5, 5.41) is 0. The van der Waals surface area contributed by atoms with Gasteiger partial charge in [0.1, 0.15) is 0 Å². The van der Waals surface area contributed by atoms with E-state index in [1.807, 2.05) is 30.7 Å². The molecule has 4 heteroatoms. The molecule has 0 aliphatic rings. The van der Waals surface area contributed by atoms with Crippen molar-refractivity contribution in [1.29, 1.82) is 0 Å². The molecule has 0 saturated carbocycles. The van der Waals surface area contributed by atoms with E-state index in [1.165, 1.54) is 0 Å². The Morgan fingerprint density at radius 3 is 2.42 bits per heavy atom. The lowest BCUT2D eigenvalue weighted by molar-refractivity contribution is -0.117.